The average Bonchev–Trinajstić information content (AvgIpc) is 2.97. The van der Waals surface area contributed by atoms with Crippen molar-refractivity contribution in [3.05, 3.63) is 143 Å². The quantitative estimate of drug-likeness (QED) is 0.178. The van der Waals surface area contributed by atoms with E-state index in [0.717, 1.165) is 48.2 Å². The van der Waals surface area contributed by atoms with Crippen molar-refractivity contribution in [1.82, 2.24) is 0 Å². The van der Waals surface area contributed by atoms with Crippen molar-refractivity contribution < 1.29 is 16.8 Å². The number of thiocarbonyl (C=S) groups is 1. The predicted octanol–water partition coefficient (Wildman–Crippen LogP) is 7.35. The summed E-state index contributed by atoms with van der Waals surface area (Å²) < 4.78 is 41.0. The van der Waals surface area contributed by atoms with Crippen molar-refractivity contribution in [3.8, 4) is 5.75 Å². The number of allylic oxidation sites excluding steroid dienone is 2. The summed E-state index contributed by atoms with van der Waals surface area (Å²) in [6.45, 7) is 5.93. The minimum absolute atomic E-state index is 0.107. The third-order valence-electron chi connectivity index (χ3n) is 7.23. The smallest absolute Gasteiger partial charge is 0.336 e. The molecule has 0 fully saturated rings. The molecule has 1 unspecified atom stereocenters. The van der Waals surface area contributed by atoms with E-state index in [1.54, 1.807) is 24.3 Å². The van der Waals surface area contributed by atoms with Gasteiger partial charge in [-0.1, -0.05) is 81.1 Å². The predicted molar refractivity (Wildman–Crippen MR) is 170 cm³/mol. The second kappa shape index (κ2) is 10.7. The maximum absolute atomic E-state index is 14.1. The molecule has 4 nitrogen and oxygen atoms in total. The van der Waals surface area contributed by atoms with Gasteiger partial charge >= 0.3 is 10.1 Å². The number of fused-ring (bicyclic) bond motifs is 2. The summed E-state index contributed by atoms with van der Waals surface area (Å²) in [5.41, 5.74) is 4.75. The summed E-state index contributed by atoms with van der Waals surface area (Å²) >= 11 is 5.95. The molecular weight excluding hydrogens is 569 g/mol. The van der Waals surface area contributed by atoms with Crippen LogP contribution in [0.15, 0.2) is 136 Å². The monoisotopic (exact) mass is 597 g/mol. The van der Waals surface area contributed by atoms with Crippen LogP contribution in [-0.4, -0.2) is 24.3 Å². The lowest BCUT2D eigenvalue weighted by atomic mass is 9.92. The average molecular weight is 598 g/mol. The van der Waals surface area contributed by atoms with E-state index in [0.29, 0.717) is 4.86 Å². The van der Waals surface area contributed by atoms with Gasteiger partial charge in [0, 0.05) is 17.2 Å². The first-order valence-corrected chi connectivity index (χ1v) is 16.6. The molecule has 7 heteroatoms. The van der Waals surface area contributed by atoms with Crippen LogP contribution in [0.1, 0.15) is 22.3 Å². The van der Waals surface area contributed by atoms with Gasteiger partial charge in [-0.15, -0.1) is 0 Å². The van der Waals surface area contributed by atoms with E-state index in [1.165, 1.54) is 0 Å². The van der Waals surface area contributed by atoms with Gasteiger partial charge in [-0.25, -0.2) is 0 Å². The van der Waals surface area contributed by atoms with E-state index in [1.807, 2.05) is 112 Å². The Kier molecular flexibility index (Phi) is 7.16. The summed E-state index contributed by atoms with van der Waals surface area (Å²) in [6, 6.07) is 30.3. The number of benzene rings is 4. The van der Waals surface area contributed by atoms with E-state index in [9.17, 15) is 8.42 Å². The zero-order chi connectivity index (χ0) is 28.8. The van der Waals surface area contributed by atoms with Gasteiger partial charge in [0.1, 0.15) is 21.8 Å². The Morgan fingerprint density at radius 3 is 1.88 bits per heavy atom. The highest BCUT2D eigenvalue weighted by atomic mass is 32.3. The molecule has 0 amide bonds. The van der Waals surface area contributed by atoms with Crippen LogP contribution in [-0.2, 0) is 23.6 Å². The van der Waals surface area contributed by atoms with Crippen molar-refractivity contribution in [2.45, 2.75) is 41.6 Å². The Morgan fingerprint density at radius 1 is 0.756 bits per heavy atom. The summed E-state index contributed by atoms with van der Waals surface area (Å²) in [4.78, 5) is 3.04. The van der Waals surface area contributed by atoms with E-state index >= 15 is 0 Å². The largest absolute Gasteiger partial charge is 0.481 e. The zero-order valence-corrected chi connectivity index (χ0v) is 25.4. The summed E-state index contributed by atoms with van der Waals surface area (Å²) in [7, 11) is -7.01. The van der Waals surface area contributed by atoms with Crippen LogP contribution >= 0.6 is 12.2 Å². The molecule has 4 aromatic carbocycles. The second-order valence-corrected chi connectivity index (χ2v) is 15.1. The minimum Gasteiger partial charge on any atom is -0.481 e. The molecule has 0 bridgehead atoms. The first-order chi connectivity index (χ1) is 19.7. The van der Waals surface area contributed by atoms with Crippen molar-refractivity contribution in [2.75, 3.05) is 0 Å². The molecule has 4 aromatic rings. The second-order valence-electron chi connectivity index (χ2n) is 10.2. The number of hydrogen-bond acceptors (Lipinski definition) is 5. The van der Waals surface area contributed by atoms with E-state index in [2.05, 4.69) is 0 Å². The van der Waals surface area contributed by atoms with E-state index in [4.69, 9.17) is 20.6 Å². The molecule has 0 radical (unpaired) electrons. The zero-order valence-electron chi connectivity index (χ0n) is 22.9. The lowest BCUT2D eigenvalue weighted by Gasteiger charge is -2.30. The Labute approximate surface area is 248 Å². The third kappa shape index (κ3) is 5.04. The summed E-state index contributed by atoms with van der Waals surface area (Å²) in [6.07, 6.45) is 5.48. The highest BCUT2D eigenvalue weighted by Gasteiger charge is 2.43. The van der Waals surface area contributed by atoms with Crippen molar-refractivity contribution in [3.63, 3.8) is 0 Å². The van der Waals surface area contributed by atoms with Crippen LogP contribution in [0.3, 0.4) is 0 Å². The molecule has 1 heterocycles. The molecular formula is C34H29O4S3+. The molecule has 206 valence electrons. The summed E-state index contributed by atoms with van der Waals surface area (Å²) in [5, 5.41) is 0. The van der Waals surface area contributed by atoms with Gasteiger partial charge in [-0.05, 0) is 81.5 Å². The number of ether oxygens (including phenoxy) is 1. The molecule has 0 saturated heterocycles. The Morgan fingerprint density at radius 2 is 1.29 bits per heavy atom. The molecule has 41 heavy (non-hydrogen) atoms. The molecule has 6 rings (SSSR count). The molecule has 1 aliphatic carbocycles. The molecule has 0 spiro atoms. The van der Waals surface area contributed by atoms with E-state index < -0.39 is 20.0 Å². The highest BCUT2D eigenvalue weighted by Crippen LogP contribution is 2.40. The molecule has 0 saturated carbocycles. The van der Waals surface area contributed by atoms with Crippen molar-refractivity contribution in [2.24, 2.45) is 0 Å². The maximum Gasteiger partial charge on any atom is 0.336 e. The number of aryl methyl sites for hydroxylation is 3. The summed E-state index contributed by atoms with van der Waals surface area (Å²) in [5.74, 6) is 0.738. The topological polar surface area (TPSA) is 52.6 Å². The lowest BCUT2D eigenvalue weighted by molar-refractivity contribution is 0.284. The van der Waals surface area contributed by atoms with Crippen LogP contribution in [0.2, 0.25) is 0 Å². The Bertz CT molecular complexity index is 1830. The first kappa shape index (κ1) is 27.5. The van der Waals surface area contributed by atoms with Crippen LogP contribution in [0, 0.1) is 20.8 Å². The minimum atomic E-state index is -4.20. The molecule has 2 aliphatic rings. The van der Waals surface area contributed by atoms with Gasteiger partial charge in [0.2, 0.25) is 0 Å². The molecule has 0 aromatic heterocycles. The van der Waals surface area contributed by atoms with Crippen LogP contribution in [0.4, 0.5) is 0 Å². The van der Waals surface area contributed by atoms with Gasteiger partial charge in [-0.2, -0.15) is 8.42 Å². The van der Waals surface area contributed by atoms with Gasteiger partial charge in [-0.3, -0.25) is 0 Å². The van der Waals surface area contributed by atoms with E-state index in [-0.39, 0.29) is 11.0 Å². The third-order valence-corrected chi connectivity index (χ3v) is 12.9. The van der Waals surface area contributed by atoms with Crippen LogP contribution in [0.5, 0.6) is 5.75 Å². The Hall–Kier alpha value is -3.62. The highest BCUT2D eigenvalue weighted by molar-refractivity contribution is 8.15. The van der Waals surface area contributed by atoms with Gasteiger partial charge < -0.3 is 4.74 Å². The van der Waals surface area contributed by atoms with Gasteiger partial charge in [0.05, 0.1) is 9.76 Å². The molecule has 0 N–H and O–H groups in total. The number of hydrogen-bond donors (Lipinski definition) is 0. The normalized spacial score (nSPS) is 16.5. The maximum atomic E-state index is 14.1. The Balaban J connectivity index is 1.67. The van der Waals surface area contributed by atoms with Gasteiger partial charge in [0.15, 0.2) is 14.7 Å². The molecule has 1 aliphatic heterocycles. The van der Waals surface area contributed by atoms with Crippen molar-refractivity contribution in [1.29, 1.82) is 0 Å². The first-order valence-electron chi connectivity index (χ1n) is 13.2. The van der Waals surface area contributed by atoms with Crippen LogP contribution in [0.25, 0.3) is 0 Å². The van der Waals surface area contributed by atoms with Crippen LogP contribution < -0.4 is 4.74 Å². The molecule has 1 atom stereocenters. The fourth-order valence-electron chi connectivity index (χ4n) is 4.96. The fourth-order valence-corrected chi connectivity index (χ4v) is 10.5. The van der Waals surface area contributed by atoms with Crippen molar-refractivity contribution >= 4 is 42.0 Å². The number of rotatable bonds is 5. The standard InChI is InChI=1S/C34H29O4S3/c1-23-8-14-26(15-9-23)40(27-16-10-24(2)11-17-27,38-41(35,36)28-18-12-25(3)13-19-28)29-20-21-33-31(22-29)34(39)30-6-4-5-7-32(30)37-33/h4-22,33H,1-3H3/q+1. The SMILES string of the molecule is Cc1ccc(S(=O)(=O)O[S+](=C2C=CC3Oc4ccccc4C(=S)C3=C2)(c2ccc(C)cc2)c2ccc(C)cc2)cc1. The lowest BCUT2D eigenvalue weighted by Crippen LogP contribution is -2.34. The fraction of sp³-hybridized carbons (Fsp3) is 0.118. The number of para-hydroxylation sites is 1. The van der Waals surface area contributed by atoms with Gasteiger partial charge in [0.25, 0.3) is 0 Å².